The highest BCUT2D eigenvalue weighted by molar-refractivity contribution is 7.91. The van der Waals surface area contributed by atoms with E-state index in [1.54, 1.807) is 17.5 Å². The number of nitrogens with one attached hydrogen (secondary N) is 1. The minimum Gasteiger partial charge on any atom is -0.206 e. The standard InChI is InChI=1S/C14H15NO2S2/c16-19(17,13-7-4-10-18-13)15-14(12-8-9-12)11-5-2-1-3-6-11/h1-7,10,12,14-15H,8-9H2/t14-/m1/s1. The van der Waals surface area contributed by atoms with Gasteiger partial charge in [-0.15, -0.1) is 11.3 Å². The highest BCUT2D eigenvalue weighted by Gasteiger charge is 2.35. The molecule has 0 unspecified atom stereocenters. The second-order valence-electron chi connectivity index (χ2n) is 4.78. The third-order valence-electron chi connectivity index (χ3n) is 3.29. The van der Waals surface area contributed by atoms with Crippen LogP contribution in [0.3, 0.4) is 0 Å². The highest BCUT2D eigenvalue weighted by Crippen LogP contribution is 2.41. The molecule has 0 bridgehead atoms. The number of hydrogen-bond acceptors (Lipinski definition) is 3. The molecule has 0 aliphatic heterocycles. The molecule has 1 saturated carbocycles. The summed E-state index contributed by atoms with van der Waals surface area (Å²) in [7, 11) is -3.40. The summed E-state index contributed by atoms with van der Waals surface area (Å²) in [5.41, 5.74) is 1.05. The lowest BCUT2D eigenvalue weighted by Gasteiger charge is -2.18. The average Bonchev–Trinajstić information content (AvgIpc) is 3.09. The molecule has 1 aliphatic carbocycles. The quantitative estimate of drug-likeness (QED) is 0.920. The van der Waals surface area contributed by atoms with Gasteiger partial charge in [0.05, 0.1) is 0 Å². The molecule has 0 saturated heterocycles. The Morgan fingerprint density at radius 2 is 1.84 bits per heavy atom. The van der Waals surface area contributed by atoms with Crippen LogP contribution >= 0.6 is 11.3 Å². The smallest absolute Gasteiger partial charge is 0.206 e. The maximum Gasteiger partial charge on any atom is 0.250 e. The first kappa shape index (κ1) is 12.8. The van der Waals surface area contributed by atoms with Crippen molar-refractivity contribution in [2.75, 3.05) is 0 Å². The largest absolute Gasteiger partial charge is 0.250 e. The van der Waals surface area contributed by atoms with Crippen molar-refractivity contribution in [1.29, 1.82) is 0 Å². The van der Waals surface area contributed by atoms with Gasteiger partial charge in [-0.3, -0.25) is 0 Å². The Balaban J connectivity index is 1.87. The molecule has 1 atom stereocenters. The molecule has 1 heterocycles. The van der Waals surface area contributed by atoms with Crippen LogP contribution in [0.15, 0.2) is 52.1 Å². The van der Waals surface area contributed by atoms with Crippen LogP contribution in [-0.2, 0) is 10.0 Å². The lowest BCUT2D eigenvalue weighted by atomic mass is 10.0. The van der Waals surface area contributed by atoms with Gasteiger partial charge in [0.2, 0.25) is 0 Å². The first-order valence-corrected chi connectivity index (χ1v) is 8.64. The summed E-state index contributed by atoms with van der Waals surface area (Å²) in [5.74, 6) is 0.428. The van der Waals surface area contributed by atoms with Crippen LogP contribution in [-0.4, -0.2) is 8.42 Å². The SMILES string of the molecule is O=S(=O)(N[C@H](c1ccccc1)C1CC1)c1cccs1. The van der Waals surface area contributed by atoms with Crippen LogP contribution in [0, 0.1) is 5.92 Å². The van der Waals surface area contributed by atoms with E-state index in [-0.39, 0.29) is 6.04 Å². The van der Waals surface area contributed by atoms with Crippen LogP contribution in [0.5, 0.6) is 0 Å². The van der Waals surface area contributed by atoms with Gasteiger partial charge in [-0.25, -0.2) is 13.1 Å². The van der Waals surface area contributed by atoms with Crippen molar-refractivity contribution in [2.24, 2.45) is 5.92 Å². The second kappa shape index (κ2) is 5.07. The molecule has 1 aromatic heterocycles. The Kier molecular flexibility index (Phi) is 3.43. The number of sulfonamides is 1. The molecule has 1 fully saturated rings. The van der Waals surface area contributed by atoms with Crippen LogP contribution in [0.4, 0.5) is 0 Å². The predicted molar refractivity (Wildman–Crippen MR) is 76.5 cm³/mol. The summed E-state index contributed by atoms with van der Waals surface area (Å²) in [6, 6.07) is 13.1. The molecule has 2 aromatic rings. The Labute approximate surface area is 117 Å². The molecule has 1 aromatic carbocycles. The maximum absolute atomic E-state index is 12.3. The van der Waals surface area contributed by atoms with E-state index in [0.717, 1.165) is 18.4 Å². The van der Waals surface area contributed by atoms with E-state index in [1.165, 1.54) is 11.3 Å². The summed E-state index contributed by atoms with van der Waals surface area (Å²) in [5, 5.41) is 1.78. The van der Waals surface area contributed by atoms with Crippen LogP contribution in [0.25, 0.3) is 0 Å². The first-order valence-electron chi connectivity index (χ1n) is 6.27. The van der Waals surface area contributed by atoms with Gasteiger partial charge < -0.3 is 0 Å². The molecule has 19 heavy (non-hydrogen) atoms. The van der Waals surface area contributed by atoms with E-state index >= 15 is 0 Å². The van der Waals surface area contributed by atoms with Gasteiger partial charge in [-0.05, 0) is 35.8 Å². The maximum atomic E-state index is 12.3. The molecule has 100 valence electrons. The molecule has 0 amide bonds. The molecule has 1 aliphatic rings. The number of benzene rings is 1. The van der Waals surface area contributed by atoms with E-state index in [1.807, 2.05) is 30.3 Å². The van der Waals surface area contributed by atoms with E-state index in [2.05, 4.69) is 4.72 Å². The summed E-state index contributed by atoms with van der Waals surface area (Å²) < 4.78 is 27.9. The van der Waals surface area contributed by atoms with E-state index in [4.69, 9.17) is 0 Å². The van der Waals surface area contributed by atoms with Gasteiger partial charge in [0.1, 0.15) is 4.21 Å². The van der Waals surface area contributed by atoms with Crippen LogP contribution in [0.1, 0.15) is 24.4 Å². The lowest BCUT2D eigenvalue weighted by Crippen LogP contribution is -2.29. The predicted octanol–water partition coefficient (Wildman–Crippen LogP) is 3.18. The van der Waals surface area contributed by atoms with Crippen molar-refractivity contribution in [1.82, 2.24) is 4.72 Å². The second-order valence-corrected chi connectivity index (χ2v) is 7.67. The zero-order valence-electron chi connectivity index (χ0n) is 10.3. The minimum atomic E-state index is -3.40. The molecule has 1 N–H and O–H groups in total. The Bertz CT molecular complexity index is 631. The molecule has 0 radical (unpaired) electrons. The third-order valence-corrected chi connectivity index (χ3v) is 6.13. The zero-order chi connectivity index (χ0) is 13.3. The summed E-state index contributed by atoms with van der Waals surface area (Å²) >= 11 is 1.25. The van der Waals surface area contributed by atoms with Crippen molar-refractivity contribution in [2.45, 2.75) is 23.1 Å². The number of hydrogen-bond donors (Lipinski definition) is 1. The normalized spacial score (nSPS) is 17.3. The van der Waals surface area contributed by atoms with Gasteiger partial charge in [0, 0.05) is 6.04 Å². The van der Waals surface area contributed by atoms with E-state index in [0.29, 0.717) is 10.1 Å². The fourth-order valence-electron chi connectivity index (χ4n) is 2.17. The molecule has 0 spiro atoms. The fourth-order valence-corrected chi connectivity index (χ4v) is 4.47. The van der Waals surface area contributed by atoms with Crippen molar-refractivity contribution in [3.05, 3.63) is 53.4 Å². The van der Waals surface area contributed by atoms with Crippen LogP contribution < -0.4 is 4.72 Å². The van der Waals surface area contributed by atoms with Gasteiger partial charge in [0.25, 0.3) is 10.0 Å². The van der Waals surface area contributed by atoms with Gasteiger partial charge in [0.15, 0.2) is 0 Å². The number of rotatable bonds is 5. The zero-order valence-corrected chi connectivity index (χ0v) is 12.0. The molecule has 3 rings (SSSR count). The first-order chi connectivity index (χ1) is 9.17. The number of thiophene rings is 1. The Morgan fingerprint density at radius 3 is 2.42 bits per heavy atom. The van der Waals surface area contributed by atoms with Gasteiger partial charge in [-0.2, -0.15) is 0 Å². The van der Waals surface area contributed by atoms with Gasteiger partial charge >= 0.3 is 0 Å². The van der Waals surface area contributed by atoms with Crippen molar-refractivity contribution >= 4 is 21.4 Å². The third kappa shape index (κ3) is 2.88. The van der Waals surface area contributed by atoms with Crippen molar-refractivity contribution < 1.29 is 8.42 Å². The fraction of sp³-hybridized carbons (Fsp3) is 0.286. The van der Waals surface area contributed by atoms with E-state index < -0.39 is 10.0 Å². The van der Waals surface area contributed by atoms with Gasteiger partial charge in [-0.1, -0.05) is 36.4 Å². The van der Waals surface area contributed by atoms with Crippen molar-refractivity contribution in [3.8, 4) is 0 Å². The minimum absolute atomic E-state index is 0.103. The molecular formula is C14H15NO2S2. The average molecular weight is 293 g/mol. The monoisotopic (exact) mass is 293 g/mol. The van der Waals surface area contributed by atoms with Crippen molar-refractivity contribution in [3.63, 3.8) is 0 Å². The van der Waals surface area contributed by atoms with Crippen LogP contribution in [0.2, 0.25) is 0 Å². The molecular weight excluding hydrogens is 278 g/mol. The summed E-state index contributed by atoms with van der Waals surface area (Å²) in [6.07, 6.45) is 2.18. The summed E-state index contributed by atoms with van der Waals surface area (Å²) in [4.78, 5) is 0. The Morgan fingerprint density at radius 1 is 1.11 bits per heavy atom. The highest BCUT2D eigenvalue weighted by atomic mass is 32.2. The molecule has 5 heteroatoms. The summed E-state index contributed by atoms with van der Waals surface area (Å²) in [6.45, 7) is 0. The Hall–Kier alpha value is -1.17. The molecule has 3 nitrogen and oxygen atoms in total. The van der Waals surface area contributed by atoms with E-state index in [9.17, 15) is 8.42 Å². The topological polar surface area (TPSA) is 46.2 Å². The lowest BCUT2D eigenvalue weighted by molar-refractivity contribution is 0.530.